The number of sulfone groups is 1. The highest BCUT2D eigenvalue weighted by molar-refractivity contribution is 7.93. The summed E-state index contributed by atoms with van der Waals surface area (Å²) in [5.41, 5.74) is 0.0515. The molecular formula is C24H26FNO5S2. The van der Waals surface area contributed by atoms with E-state index < -0.39 is 21.7 Å². The van der Waals surface area contributed by atoms with E-state index in [1.807, 2.05) is 20.8 Å². The van der Waals surface area contributed by atoms with Crippen LogP contribution in [0.25, 0.3) is 11.1 Å². The average Bonchev–Trinajstić information content (AvgIpc) is 3.17. The first-order valence-corrected chi connectivity index (χ1v) is 12.5. The lowest BCUT2D eigenvalue weighted by Gasteiger charge is -2.27. The first-order chi connectivity index (χ1) is 15.4. The Morgan fingerprint density at radius 2 is 1.79 bits per heavy atom. The van der Waals surface area contributed by atoms with Gasteiger partial charge in [0, 0.05) is 22.5 Å². The first-order valence-electron chi connectivity index (χ1n) is 10.2. The quantitative estimate of drug-likeness (QED) is 0.443. The van der Waals surface area contributed by atoms with E-state index in [0.717, 1.165) is 11.3 Å². The maximum Gasteiger partial charge on any atom is 0.407 e. The maximum absolute atomic E-state index is 14.7. The predicted molar refractivity (Wildman–Crippen MR) is 126 cm³/mol. The number of ether oxygens (including phenoxy) is 1. The molecule has 0 aliphatic heterocycles. The van der Waals surface area contributed by atoms with Gasteiger partial charge >= 0.3 is 6.09 Å². The van der Waals surface area contributed by atoms with Gasteiger partial charge in [0.05, 0.1) is 18.6 Å². The van der Waals surface area contributed by atoms with Crippen molar-refractivity contribution in [3.63, 3.8) is 0 Å². The summed E-state index contributed by atoms with van der Waals surface area (Å²) in [6, 6.07) is 13.5. The summed E-state index contributed by atoms with van der Waals surface area (Å²) in [5, 5.41) is 9.67. The summed E-state index contributed by atoms with van der Waals surface area (Å²) < 4.78 is 46.9. The Bertz CT molecular complexity index is 1260. The second kappa shape index (κ2) is 9.52. The molecule has 1 heterocycles. The van der Waals surface area contributed by atoms with Crippen LogP contribution in [0, 0.1) is 11.2 Å². The molecule has 0 saturated heterocycles. The number of carbonyl (C=O) groups is 1. The zero-order valence-electron chi connectivity index (χ0n) is 18.8. The second-order valence-corrected chi connectivity index (χ2v) is 12.1. The number of carboxylic acid groups (broad SMARTS) is 1. The molecule has 0 atom stereocenters. The van der Waals surface area contributed by atoms with Crippen LogP contribution in [0.2, 0.25) is 0 Å². The van der Waals surface area contributed by atoms with Gasteiger partial charge < -0.3 is 14.7 Å². The van der Waals surface area contributed by atoms with Crippen LogP contribution in [-0.2, 0) is 16.4 Å². The lowest BCUT2D eigenvalue weighted by atomic mass is 9.96. The predicted octanol–water partition coefficient (Wildman–Crippen LogP) is 5.92. The molecule has 0 aliphatic rings. The Morgan fingerprint density at radius 3 is 2.39 bits per heavy atom. The topological polar surface area (TPSA) is 83.9 Å². The fourth-order valence-corrected chi connectivity index (χ4v) is 6.56. The van der Waals surface area contributed by atoms with E-state index >= 15 is 0 Å². The van der Waals surface area contributed by atoms with Crippen molar-refractivity contribution in [3.8, 4) is 16.9 Å². The van der Waals surface area contributed by atoms with Crippen LogP contribution in [0.1, 0.15) is 25.6 Å². The largest absolute Gasteiger partial charge is 0.497 e. The highest BCUT2D eigenvalue weighted by Gasteiger charge is 2.29. The van der Waals surface area contributed by atoms with Gasteiger partial charge in [0.2, 0.25) is 9.84 Å². The Kier molecular flexibility index (Phi) is 7.14. The molecule has 3 aromatic rings. The van der Waals surface area contributed by atoms with E-state index in [1.165, 1.54) is 42.3 Å². The van der Waals surface area contributed by atoms with Crippen LogP contribution < -0.4 is 4.74 Å². The van der Waals surface area contributed by atoms with E-state index in [0.29, 0.717) is 10.6 Å². The van der Waals surface area contributed by atoms with Gasteiger partial charge in [-0.1, -0.05) is 45.0 Å². The van der Waals surface area contributed by atoms with Crippen LogP contribution in [0.3, 0.4) is 0 Å². The molecule has 0 spiro atoms. The minimum Gasteiger partial charge on any atom is -0.497 e. The third kappa shape index (κ3) is 5.72. The molecule has 3 rings (SSSR count). The summed E-state index contributed by atoms with van der Waals surface area (Å²) in [5.74, 6) is -0.184. The molecule has 2 aromatic carbocycles. The smallest absolute Gasteiger partial charge is 0.407 e. The Balaban J connectivity index is 2.15. The molecule has 0 saturated carbocycles. The number of nitrogens with zero attached hydrogens (tertiary/aromatic N) is 1. The van der Waals surface area contributed by atoms with Gasteiger partial charge in [-0.2, -0.15) is 0 Å². The molecule has 0 bridgehead atoms. The van der Waals surface area contributed by atoms with Crippen molar-refractivity contribution in [2.24, 2.45) is 5.41 Å². The fourth-order valence-electron chi connectivity index (χ4n) is 3.40. The highest BCUT2D eigenvalue weighted by atomic mass is 32.2. The van der Waals surface area contributed by atoms with Gasteiger partial charge in [0.25, 0.3) is 0 Å². The number of amides is 1. The molecule has 33 heavy (non-hydrogen) atoms. The van der Waals surface area contributed by atoms with Crippen LogP contribution in [-0.4, -0.2) is 38.2 Å². The number of rotatable bonds is 7. The number of halogens is 1. The normalized spacial score (nSPS) is 11.9. The van der Waals surface area contributed by atoms with Gasteiger partial charge in [-0.3, -0.25) is 0 Å². The molecule has 0 fully saturated rings. The summed E-state index contributed by atoms with van der Waals surface area (Å²) >= 11 is 0.950. The third-order valence-electron chi connectivity index (χ3n) is 4.79. The van der Waals surface area contributed by atoms with E-state index in [9.17, 15) is 22.7 Å². The number of methoxy groups -OCH3 is 1. The Labute approximate surface area is 197 Å². The summed E-state index contributed by atoms with van der Waals surface area (Å²) in [6.07, 6.45) is -1.11. The van der Waals surface area contributed by atoms with E-state index in [-0.39, 0.29) is 38.7 Å². The van der Waals surface area contributed by atoms with Gasteiger partial charge in [-0.05, 0) is 35.7 Å². The Hall–Kier alpha value is -2.91. The van der Waals surface area contributed by atoms with Crippen LogP contribution in [0.15, 0.2) is 63.7 Å². The highest BCUT2D eigenvalue weighted by Crippen LogP contribution is 2.40. The average molecular weight is 492 g/mol. The SMILES string of the molecule is COc1cccc(S(=O)(=O)c2sc(CN(CC(C)(C)C)C(=O)O)cc2-c2ccccc2F)c1. The lowest BCUT2D eigenvalue weighted by molar-refractivity contribution is 0.123. The Morgan fingerprint density at radius 1 is 1.09 bits per heavy atom. The van der Waals surface area contributed by atoms with Crippen molar-refractivity contribution >= 4 is 27.3 Å². The van der Waals surface area contributed by atoms with Crippen molar-refractivity contribution in [1.29, 1.82) is 0 Å². The minimum absolute atomic E-state index is 0.00759. The summed E-state index contributed by atoms with van der Waals surface area (Å²) in [7, 11) is -2.59. The molecule has 6 nitrogen and oxygen atoms in total. The van der Waals surface area contributed by atoms with Gasteiger partial charge in [-0.15, -0.1) is 11.3 Å². The van der Waals surface area contributed by atoms with E-state index in [2.05, 4.69) is 0 Å². The zero-order chi connectivity index (χ0) is 24.4. The number of hydrogen-bond acceptors (Lipinski definition) is 5. The molecule has 0 unspecified atom stereocenters. The standard InChI is InChI=1S/C24H26FNO5S2/c1-24(2,3)15-26(23(27)28)14-17-13-20(19-10-5-6-11-21(19)25)22(32-17)33(29,30)18-9-7-8-16(12-18)31-4/h5-13H,14-15H2,1-4H3,(H,27,28). The molecule has 1 aromatic heterocycles. The van der Waals surface area contributed by atoms with Crippen molar-refractivity contribution in [2.45, 2.75) is 36.4 Å². The van der Waals surface area contributed by atoms with Crippen molar-refractivity contribution in [2.75, 3.05) is 13.7 Å². The van der Waals surface area contributed by atoms with E-state index in [4.69, 9.17) is 4.74 Å². The monoisotopic (exact) mass is 491 g/mol. The van der Waals surface area contributed by atoms with Crippen molar-refractivity contribution in [1.82, 2.24) is 4.90 Å². The fraction of sp³-hybridized carbons (Fsp3) is 0.292. The first kappa shape index (κ1) is 24.7. The molecule has 176 valence electrons. The van der Waals surface area contributed by atoms with Crippen LogP contribution >= 0.6 is 11.3 Å². The molecule has 0 radical (unpaired) electrons. The van der Waals surface area contributed by atoms with Crippen molar-refractivity contribution in [3.05, 3.63) is 65.3 Å². The minimum atomic E-state index is -4.03. The van der Waals surface area contributed by atoms with Crippen molar-refractivity contribution < 1.29 is 27.4 Å². The van der Waals surface area contributed by atoms with Gasteiger partial charge in [0.1, 0.15) is 15.8 Å². The number of hydrogen-bond donors (Lipinski definition) is 1. The summed E-state index contributed by atoms with van der Waals surface area (Å²) in [4.78, 5) is 13.6. The zero-order valence-corrected chi connectivity index (χ0v) is 20.5. The van der Waals surface area contributed by atoms with Gasteiger partial charge in [-0.25, -0.2) is 17.6 Å². The molecular weight excluding hydrogens is 465 g/mol. The second-order valence-electron chi connectivity index (χ2n) is 8.78. The molecule has 1 amide bonds. The molecule has 0 aliphatic carbocycles. The number of thiophene rings is 1. The lowest BCUT2D eigenvalue weighted by Crippen LogP contribution is -2.36. The summed E-state index contributed by atoms with van der Waals surface area (Å²) in [6.45, 7) is 6.00. The van der Waals surface area contributed by atoms with Crippen LogP contribution in [0.5, 0.6) is 5.75 Å². The van der Waals surface area contributed by atoms with Gasteiger partial charge in [0.15, 0.2) is 0 Å². The molecule has 9 heteroatoms. The molecule has 1 N–H and O–H groups in total. The number of benzene rings is 2. The van der Waals surface area contributed by atoms with Crippen LogP contribution in [0.4, 0.5) is 9.18 Å². The maximum atomic E-state index is 14.7. The van der Waals surface area contributed by atoms with E-state index in [1.54, 1.807) is 24.3 Å². The third-order valence-corrected chi connectivity index (χ3v) is 8.20.